The molecule has 3 aromatic rings. The summed E-state index contributed by atoms with van der Waals surface area (Å²) in [5.74, 6) is 0. The van der Waals surface area contributed by atoms with Gasteiger partial charge in [-0.1, -0.05) is 17.7 Å². The lowest BCUT2D eigenvalue weighted by Crippen LogP contribution is -2.37. The van der Waals surface area contributed by atoms with E-state index in [1.54, 1.807) is 0 Å². The maximum atomic E-state index is 12.2. The molecule has 6 heteroatoms. The van der Waals surface area contributed by atoms with Crippen molar-refractivity contribution in [3.63, 3.8) is 0 Å². The largest absolute Gasteiger partial charge is 0.450 e. The number of nitrogens with zero attached hydrogens (tertiary/aromatic N) is 3. The van der Waals surface area contributed by atoms with Crippen molar-refractivity contribution in [2.75, 3.05) is 25.0 Å². The quantitative estimate of drug-likeness (QED) is 0.584. The third-order valence-electron chi connectivity index (χ3n) is 6.66. The summed E-state index contributed by atoms with van der Waals surface area (Å²) >= 11 is 0. The van der Waals surface area contributed by atoms with E-state index in [0.29, 0.717) is 19.7 Å². The van der Waals surface area contributed by atoms with E-state index in [1.807, 2.05) is 48.6 Å². The van der Waals surface area contributed by atoms with Gasteiger partial charge in [-0.15, -0.1) is 0 Å². The number of pyridine rings is 2. The highest BCUT2D eigenvalue weighted by molar-refractivity contribution is 5.85. The summed E-state index contributed by atoms with van der Waals surface area (Å²) in [5.41, 5.74) is 9.96. The molecule has 0 bridgehead atoms. The molecule has 3 heterocycles. The Labute approximate surface area is 200 Å². The number of ether oxygens (including phenoxy) is 1. The predicted molar refractivity (Wildman–Crippen MR) is 134 cm³/mol. The van der Waals surface area contributed by atoms with Crippen molar-refractivity contribution in [1.82, 2.24) is 14.9 Å². The molecule has 2 aliphatic rings. The first kappa shape index (κ1) is 22.1. The number of carbonyl (C=O) groups excluding carboxylic acids is 1. The monoisotopic (exact) mass is 454 g/mol. The molecule has 1 amide bonds. The average molecular weight is 455 g/mol. The number of piperidine rings is 1. The summed E-state index contributed by atoms with van der Waals surface area (Å²) < 4.78 is 5.21. The number of aromatic nitrogens is 2. The van der Waals surface area contributed by atoms with Crippen molar-refractivity contribution in [2.45, 2.75) is 39.2 Å². The van der Waals surface area contributed by atoms with Crippen LogP contribution in [0.25, 0.3) is 5.57 Å². The van der Waals surface area contributed by atoms with E-state index in [1.165, 1.54) is 33.4 Å². The van der Waals surface area contributed by atoms with Gasteiger partial charge in [0.05, 0.1) is 12.3 Å². The topological polar surface area (TPSA) is 67.3 Å². The molecule has 0 saturated carbocycles. The van der Waals surface area contributed by atoms with Crippen LogP contribution in [0.15, 0.2) is 66.6 Å². The summed E-state index contributed by atoms with van der Waals surface area (Å²) in [4.78, 5) is 22.9. The van der Waals surface area contributed by atoms with Crippen LogP contribution in [0.3, 0.4) is 0 Å². The number of rotatable bonds is 4. The molecule has 6 nitrogen and oxygen atoms in total. The Morgan fingerprint density at radius 3 is 2.59 bits per heavy atom. The first-order chi connectivity index (χ1) is 16.7. The summed E-state index contributed by atoms with van der Waals surface area (Å²) in [6.07, 6.45) is 8.95. The molecule has 0 atom stereocenters. The highest BCUT2D eigenvalue weighted by atomic mass is 16.6. The number of hydrogen-bond acceptors (Lipinski definition) is 5. The van der Waals surface area contributed by atoms with Crippen LogP contribution in [0.1, 0.15) is 47.7 Å². The number of benzene rings is 1. The predicted octanol–water partition coefficient (Wildman–Crippen LogP) is 5.24. The lowest BCUT2D eigenvalue weighted by Gasteiger charge is -2.29. The van der Waals surface area contributed by atoms with E-state index in [2.05, 4.69) is 34.6 Å². The van der Waals surface area contributed by atoms with Crippen molar-refractivity contribution >= 4 is 17.4 Å². The molecule has 1 saturated heterocycles. The number of fused-ring (bicyclic) bond motifs is 2. The molecule has 34 heavy (non-hydrogen) atoms. The number of hydrogen-bond donors (Lipinski definition) is 1. The van der Waals surface area contributed by atoms with E-state index < -0.39 is 0 Å². The van der Waals surface area contributed by atoms with E-state index >= 15 is 0 Å². The van der Waals surface area contributed by atoms with Crippen molar-refractivity contribution in [3.05, 3.63) is 94.6 Å². The van der Waals surface area contributed by atoms with Gasteiger partial charge in [-0.3, -0.25) is 9.97 Å². The van der Waals surface area contributed by atoms with Crippen LogP contribution in [0.5, 0.6) is 0 Å². The van der Waals surface area contributed by atoms with Gasteiger partial charge < -0.3 is 15.0 Å². The van der Waals surface area contributed by atoms with E-state index in [-0.39, 0.29) is 6.09 Å². The van der Waals surface area contributed by atoms with Gasteiger partial charge >= 0.3 is 6.09 Å². The number of anilines is 1. The van der Waals surface area contributed by atoms with Gasteiger partial charge in [0.25, 0.3) is 0 Å². The van der Waals surface area contributed by atoms with Gasteiger partial charge in [0, 0.05) is 49.5 Å². The Bertz CT molecular complexity index is 1200. The van der Waals surface area contributed by atoms with E-state index in [4.69, 9.17) is 9.72 Å². The Balaban J connectivity index is 1.46. The van der Waals surface area contributed by atoms with Gasteiger partial charge in [-0.05, 0) is 85.2 Å². The number of amides is 1. The number of carbonyl (C=O) groups is 1. The van der Waals surface area contributed by atoms with Crippen LogP contribution in [0.4, 0.5) is 10.5 Å². The second-order valence-corrected chi connectivity index (χ2v) is 8.76. The number of nitrogens with one attached hydrogen (secondary N) is 1. The van der Waals surface area contributed by atoms with Crippen LogP contribution in [0.2, 0.25) is 0 Å². The van der Waals surface area contributed by atoms with Crippen molar-refractivity contribution in [1.29, 1.82) is 0 Å². The molecule has 0 unspecified atom stereocenters. The smallest absolute Gasteiger partial charge is 0.409 e. The highest BCUT2D eigenvalue weighted by Gasteiger charge is 2.27. The Morgan fingerprint density at radius 2 is 1.79 bits per heavy atom. The molecule has 0 radical (unpaired) electrons. The van der Waals surface area contributed by atoms with Crippen LogP contribution in [-0.4, -0.2) is 40.7 Å². The lowest BCUT2D eigenvalue weighted by atomic mass is 9.88. The van der Waals surface area contributed by atoms with E-state index in [9.17, 15) is 4.79 Å². The molecule has 0 spiro atoms. The van der Waals surface area contributed by atoms with Gasteiger partial charge in [-0.2, -0.15) is 0 Å². The second-order valence-electron chi connectivity index (χ2n) is 8.76. The van der Waals surface area contributed by atoms with Gasteiger partial charge in [0.2, 0.25) is 0 Å². The molecule has 1 N–H and O–H groups in total. The van der Waals surface area contributed by atoms with Crippen molar-refractivity contribution in [3.8, 4) is 0 Å². The summed E-state index contributed by atoms with van der Waals surface area (Å²) in [7, 11) is 0. The van der Waals surface area contributed by atoms with Gasteiger partial charge in [-0.25, -0.2) is 4.79 Å². The molecule has 1 aliphatic heterocycles. The summed E-state index contributed by atoms with van der Waals surface area (Å²) in [5, 5.41) is 3.56. The zero-order valence-corrected chi connectivity index (χ0v) is 19.6. The molecule has 174 valence electrons. The van der Waals surface area contributed by atoms with Crippen LogP contribution < -0.4 is 5.32 Å². The fraction of sp³-hybridized carbons (Fsp3) is 0.321. The maximum Gasteiger partial charge on any atom is 0.409 e. The first-order valence-corrected chi connectivity index (χ1v) is 12.1. The molecule has 1 aromatic carbocycles. The minimum atomic E-state index is -0.212. The third kappa shape index (κ3) is 4.67. The fourth-order valence-corrected chi connectivity index (χ4v) is 4.90. The molecule has 1 fully saturated rings. The minimum Gasteiger partial charge on any atom is -0.450 e. The zero-order valence-electron chi connectivity index (χ0n) is 19.6. The van der Waals surface area contributed by atoms with Gasteiger partial charge in [0.1, 0.15) is 0 Å². The average Bonchev–Trinajstić information content (AvgIpc) is 3.05. The molecular formula is C28H30N4O2. The zero-order chi connectivity index (χ0) is 23.3. The fourth-order valence-electron chi connectivity index (χ4n) is 4.90. The van der Waals surface area contributed by atoms with Crippen molar-refractivity contribution < 1.29 is 9.53 Å². The van der Waals surface area contributed by atoms with Crippen LogP contribution in [-0.2, 0) is 24.1 Å². The Kier molecular flexibility index (Phi) is 6.56. The third-order valence-corrected chi connectivity index (χ3v) is 6.66. The second kappa shape index (κ2) is 10.1. The highest BCUT2D eigenvalue weighted by Crippen LogP contribution is 2.38. The normalized spacial score (nSPS) is 15.3. The Hall–Kier alpha value is -3.67. The molecule has 5 rings (SSSR count). The van der Waals surface area contributed by atoms with Crippen LogP contribution in [0, 0.1) is 0 Å². The molecular weight excluding hydrogens is 424 g/mol. The molecule has 1 aliphatic carbocycles. The standard InChI is InChI=1S/C28H30N4O2/c1-2-34-28(33)32-16-11-21(12-17-32)26-25-8-7-24(31-19-20-9-14-29-15-10-20)18-23(25)6-5-22-4-3-13-30-27(22)26/h3-4,7-10,13-15,18,31H,2,5-6,11-12,16-17,19H2,1H3. The van der Waals surface area contributed by atoms with Crippen LogP contribution >= 0.6 is 0 Å². The van der Waals surface area contributed by atoms with E-state index in [0.717, 1.165) is 43.6 Å². The van der Waals surface area contributed by atoms with Crippen molar-refractivity contribution in [2.24, 2.45) is 0 Å². The SMILES string of the molecule is CCOC(=O)N1CCC(=C2c3ccc(NCc4ccncc4)cc3CCc3cccnc32)CC1. The number of likely N-dealkylation sites (tertiary alicyclic amines) is 1. The lowest BCUT2D eigenvalue weighted by molar-refractivity contribution is 0.104. The summed E-state index contributed by atoms with van der Waals surface area (Å²) in [6, 6.07) is 15.0. The Morgan fingerprint density at radius 1 is 1.00 bits per heavy atom. The molecule has 2 aromatic heterocycles. The first-order valence-electron chi connectivity index (χ1n) is 12.1. The maximum absolute atomic E-state index is 12.2. The minimum absolute atomic E-state index is 0.212. The number of aryl methyl sites for hydroxylation is 2. The summed E-state index contributed by atoms with van der Waals surface area (Å²) in [6.45, 7) is 4.38. The van der Waals surface area contributed by atoms with Gasteiger partial charge in [0.15, 0.2) is 0 Å².